The summed E-state index contributed by atoms with van der Waals surface area (Å²) < 4.78 is 46.6. The lowest BCUT2D eigenvalue weighted by atomic mass is 9.96. The number of ether oxygens (including phenoxy) is 1. The van der Waals surface area contributed by atoms with Crippen molar-refractivity contribution in [1.82, 2.24) is 10.3 Å². The van der Waals surface area contributed by atoms with Crippen LogP contribution >= 0.6 is 0 Å². The normalized spacial score (nSPS) is 17.3. The highest BCUT2D eigenvalue weighted by atomic mass is 19.4. The second kappa shape index (κ2) is 8.16. The van der Waals surface area contributed by atoms with Crippen LogP contribution in [0.1, 0.15) is 19.8 Å². The highest BCUT2D eigenvalue weighted by Gasteiger charge is 2.29. The smallest absolute Gasteiger partial charge is 0.411 e. The molecular formula is C18H22F3N3O3. The van der Waals surface area contributed by atoms with Gasteiger partial charge >= 0.3 is 6.18 Å². The minimum Gasteiger partial charge on any atom is -0.423 e. The zero-order valence-electron chi connectivity index (χ0n) is 15.0. The number of halogens is 3. The molecule has 2 heterocycles. The topological polar surface area (TPSA) is 67.6 Å². The Bertz CT molecular complexity index is 737. The van der Waals surface area contributed by atoms with Crippen LogP contribution in [-0.4, -0.2) is 49.4 Å². The Labute approximate surface area is 154 Å². The van der Waals surface area contributed by atoms with Gasteiger partial charge in [0.25, 0.3) is 6.01 Å². The molecule has 9 heteroatoms. The number of nitrogens with one attached hydrogen (secondary N) is 1. The summed E-state index contributed by atoms with van der Waals surface area (Å²) in [6, 6.07) is 7.58. The Morgan fingerprint density at radius 2 is 2.07 bits per heavy atom. The van der Waals surface area contributed by atoms with Crippen LogP contribution in [0.3, 0.4) is 0 Å². The van der Waals surface area contributed by atoms with E-state index in [9.17, 15) is 18.0 Å². The van der Waals surface area contributed by atoms with E-state index >= 15 is 0 Å². The third-order valence-electron chi connectivity index (χ3n) is 4.44. The minimum atomic E-state index is -4.36. The van der Waals surface area contributed by atoms with E-state index in [0.29, 0.717) is 31.9 Å². The molecule has 1 aromatic heterocycles. The lowest BCUT2D eigenvalue weighted by Gasteiger charge is -2.30. The highest BCUT2D eigenvalue weighted by molar-refractivity contribution is 5.79. The van der Waals surface area contributed by atoms with Crippen molar-refractivity contribution in [2.24, 2.45) is 5.92 Å². The molecule has 1 aliphatic heterocycles. The van der Waals surface area contributed by atoms with Crippen molar-refractivity contribution in [3.63, 3.8) is 0 Å². The molecule has 1 N–H and O–H groups in total. The van der Waals surface area contributed by atoms with Gasteiger partial charge in [0.2, 0.25) is 5.91 Å². The Hall–Kier alpha value is -2.29. The first-order valence-corrected chi connectivity index (χ1v) is 8.87. The third-order valence-corrected chi connectivity index (χ3v) is 4.44. The Kier molecular flexibility index (Phi) is 5.88. The lowest BCUT2D eigenvalue weighted by molar-refractivity contribution is -0.175. The number of fused-ring (bicyclic) bond motifs is 1. The standard InChI is InChI=1S/C18H22F3N3O3/c1-12(10-26-11-18(19,20)21)22-16(25)13-6-8-24(9-7-13)17-23-14-4-2-3-5-15(14)27-17/h2-5,12-13H,6-11H2,1H3,(H,22,25)/t12-/m0/s1. The van der Waals surface area contributed by atoms with E-state index in [2.05, 4.69) is 15.0 Å². The van der Waals surface area contributed by atoms with Gasteiger partial charge in [0.05, 0.1) is 6.61 Å². The summed E-state index contributed by atoms with van der Waals surface area (Å²) in [5, 5.41) is 2.72. The number of carbonyl (C=O) groups excluding carboxylic acids is 1. The van der Waals surface area contributed by atoms with Crippen LogP contribution in [0, 0.1) is 5.92 Å². The number of anilines is 1. The van der Waals surface area contributed by atoms with E-state index in [4.69, 9.17) is 4.42 Å². The van der Waals surface area contributed by atoms with Gasteiger partial charge in [-0.1, -0.05) is 12.1 Å². The van der Waals surface area contributed by atoms with Crippen LogP contribution in [0.15, 0.2) is 28.7 Å². The van der Waals surface area contributed by atoms with E-state index in [-0.39, 0.29) is 18.4 Å². The third kappa shape index (κ3) is 5.35. The number of rotatable bonds is 6. The van der Waals surface area contributed by atoms with E-state index in [1.54, 1.807) is 6.92 Å². The van der Waals surface area contributed by atoms with Gasteiger partial charge < -0.3 is 19.4 Å². The first-order valence-electron chi connectivity index (χ1n) is 8.87. The van der Waals surface area contributed by atoms with Crippen molar-refractivity contribution in [3.05, 3.63) is 24.3 Å². The minimum absolute atomic E-state index is 0.157. The number of oxazole rings is 1. The average molecular weight is 385 g/mol. The largest absolute Gasteiger partial charge is 0.423 e. The number of benzene rings is 1. The number of para-hydroxylation sites is 2. The number of aromatic nitrogens is 1. The maximum atomic E-state index is 12.3. The molecule has 0 radical (unpaired) electrons. The average Bonchev–Trinajstić information content (AvgIpc) is 3.05. The van der Waals surface area contributed by atoms with E-state index in [0.717, 1.165) is 11.1 Å². The number of hydrogen-bond acceptors (Lipinski definition) is 5. The van der Waals surface area contributed by atoms with Crippen LogP contribution in [0.25, 0.3) is 11.1 Å². The Balaban J connectivity index is 1.45. The van der Waals surface area contributed by atoms with Gasteiger partial charge in [-0.25, -0.2) is 0 Å². The predicted octanol–water partition coefficient (Wildman–Crippen LogP) is 3.13. The van der Waals surface area contributed by atoms with Gasteiger partial charge in [-0.05, 0) is 31.9 Å². The SMILES string of the molecule is C[C@@H](COCC(F)(F)F)NC(=O)C1CCN(c2nc3ccccc3o2)CC1. The van der Waals surface area contributed by atoms with Crippen LogP contribution in [0.5, 0.6) is 0 Å². The molecule has 2 aromatic rings. The summed E-state index contributed by atoms with van der Waals surface area (Å²) in [4.78, 5) is 18.8. The number of alkyl halides is 3. The van der Waals surface area contributed by atoms with Crippen LogP contribution in [-0.2, 0) is 9.53 Å². The van der Waals surface area contributed by atoms with Gasteiger partial charge in [-0.2, -0.15) is 18.2 Å². The van der Waals surface area contributed by atoms with Gasteiger partial charge in [0, 0.05) is 25.0 Å². The van der Waals surface area contributed by atoms with Crippen LogP contribution in [0.2, 0.25) is 0 Å². The van der Waals surface area contributed by atoms with E-state index < -0.39 is 18.8 Å². The maximum Gasteiger partial charge on any atom is 0.411 e. The summed E-state index contributed by atoms with van der Waals surface area (Å²) in [6.45, 7) is 1.40. The summed E-state index contributed by atoms with van der Waals surface area (Å²) in [5.41, 5.74) is 1.51. The number of nitrogens with zero attached hydrogens (tertiary/aromatic N) is 2. The van der Waals surface area contributed by atoms with Gasteiger partial charge in [-0.3, -0.25) is 4.79 Å². The van der Waals surface area contributed by atoms with Gasteiger partial charge in [0.15, 0.2) is 5.58 Å². The zero-order valence-corrected chi connectivity index (χ0v) is 15.0. The molecule has 0 aliphatic carbocycles. The molecule has 1 aromatic carbocycles. The van der Waals surface area contributed by atoms with E-state index in [1.165, 1.54) is 0 Å². The molecule has 6 nitrogen and oxygen atoms in total. The van der Waals surface area contributed by atoms with Crippen molar-refractivity contribution < 1.29 is 27.1 Å². The molecule has 1 fully saturated rings. The lowest BCUT2D eigenvalue weighted by Crippen LogP contribution is -2.44. The number of piperidine rings is 1. The molecule has 3 rings (SSSR count). The zero-order chi connectivity index (χ0) is 19.4. The Morgan fingerprint density at radius 3 is 2.74 bits per heavy atom. The molecule has 1 aliphatic rings. The fourth-order valence-electron chi connectivity index (χ4n) is 3.08. The molecule has 0 bridgehead atoms. The second-order valence-corrected chi connectivity index (χ2v) is 6.77. The molecule has 1 atom stereocenters. The summed E-state index contributed by atoms with van der Waals surface area (Å²) in [5.74, 6) is -0.342. The van der Waals surface area contributed by atoms with Crippen molar-refractivity contribution in [1.29, 1.82) is 0 Å². The maximum absolute atomic E-state index is 12.3. The summed E-state index contributed by atoms with van der Waals surface area (Å²) in [7, 11) is 0. The fraction of sp³-hybridized carbons (Fsp3) is 0.556. The van der Waals surface area contributed by atoms with Crippen molar-refractivity contribution in [2.75, 3.05) is 31.2 Å². The fourth-order valence-corrected chi connectivity index (χ4v) is 3.08. The van der Waals surface area contributed by atoms with Gasteiger partial charge in [0.1, 0.15) is 12.1 Å². The first kappa shape index (κ1) is 19.5. The van der Waals surface area contributed by atoms with Gasteiger partial charge in [-0.15, -0.1) is 0 Å². The number of hydrogen-bond donors (Lipinski definition) is 1. The van der Waals surface area contributed by atoms with Crippen molar-refractivity contribution in [2.45, 2.75) is 32.0 Å². The summed E-state index contributed by atoms with van der Waals surface area (Å²) >= 11 is 0. The van der Waals surface area contributed by atoms with Crippen LogP contribution < -0.4 is 10.2 Å². The van der Waals surface area contributed by atoms with E-state index in [1.807, 2.05) is 29.2 Å². The molecule has 1 amide bonds. The predicted molar refractivity (Wildman–Crippen MR) is 93.4 cm³/mol. The van der Waals surface area contributed by atoms with Crippen molar-refractivity contribution in [3.8, 4) is 0 Å². The Morgan fingerprint density at radius 1 is 1.37 bits per heavy atom. The molecule has 1 saturated heterocycles. The van der Waals surface area contributed by atoms with Crippen molar-refractivity contribution >= 4 is 23.0 Å². The monoisotopic (exact) mass is 385 g/mol. The molecule has 27 heavy (non-hydrogen) atoms. The molecule has 0 spiro atoms. The first-order chi connectivity index (χ1) is 12.8. The number of carbonyl (C=O) groups is 1. The quantitative estimate of drug-likeness (QED) is 0.828. The molecule has 148 valence electrons. The molecule has 0 unspecified atom stereocenters. The molecular weight excluding hydrogens is 363 g/mol. The highest BCUT2D eigenvalue weighted by Crippen LogP contribution is 2.26. The van der Waals surface area contributed by atoms with Crippen LogP contribution in [0.4, 0.5) is 19.2 Å². The second-order valence-electron chi connectivity index (χ2n) is 6.77. The summed E-state index contributed by atoms with van der Waals surface area (Å²) in [6.07, 6.45) is -3.11. The number of amides is 1. The molecule has 0 saturated carbocycles.